The largest absolute Gasteiger partial charge is 0.385 e. The summed E-state index contributed by atoms with van der Waals surface area (Å²) in [6.07, 6.45) is 0.914. The van der Waals surface area contributed by atoms with E-state index >= 15 is 0 Å². The number of carbonyl (C=O) groups excluding carboxylic acids is 2. The van der Waals surface area contributed by atoms with Gasteiger partial charge < -0.3 is 22.1 Å². The lowest BCUT2D eigenvalue weighted by atomic mass is 10.1. The summed E-state index contributed by atoms with van der Waals surface area (Å²) in [6, 6.07) is 13.4. The summed E-state index contributed by atoms with van der Waals surface area (Å²) >= 11 is 0. The van der Waals surface area contributed by atoms with Crippen LogP contribution in [0, 0.1) is 11.8 Å². The number of hydrogen-bond donors (Lipinski definition) is 6. The summed E-state index contributed by atoms with van der Waals surface area (Å²) in [5.41, 5.74) is 15.4. The Labute approximate surface area is 169 Å². The lowest BCUT2D eigenvalue weighted by molar-refractivity contribution is -0.130. The maximum absolute atomic E-state index is 12.2. The van der Waals surface area contributed by atoms with Crippen molar-refractivity contribution >= 4 is 17.5 Å². The molecule has 29 heavy (non-hydrogen) atoms. The number of hydrogen-bond acceptors (Lipinski definition) is 6. The lowest BCUT2D eigenvalue weighted by Crippen LogP contribution is -2.50. The fourth-order valence-corrected chi connectivity index (χ4v) is 2.41. The van der Waals surface area contributed by atoms with Crippen LogP contribution >= 0.6 is 0 Å². The summed E-state index contributed by atoms with van der Waals surface area (Å²) in [5, 5.41) is 14.4. The summed E-state index contributed by atoms with van der Waals surface area (Å²) in [7, 11) is 0. The van der Waals surface area contributed by atoms with Gasteiger partial charge in [-0.2, -0.15) is 0 Å². The van der Waals surface area contributed by atoms with E-state index in [9.17, 15) is 9.59 Å². The van der Waals surface area contributed by atoms with Gasteiger partial charge in [-0.05, 0) is 61.5 Å². The fraction of sp³-hybridized carbons (Fsp3) is 0.238. The van der Waals surface area contributed by atoms with Crippen LogP contribution in [0.15, 0.2) is 48.5 Å². The van der Waals surface area contributed by atoms with Gasteiger partial charge in [0.05, 0.1) is 0 Å². The van der Waals surface area contributed by atoms with E-state index < -0.39 is 17.9 Å². The highest BCUT2D eigenvalue weighted by molar-refractivity contribution is 5.97. The molecule has 0 heterocycles. The van der Waals surface area contributed by atoms with Crippen LogP contribution in [-0.2, 0) is 4.79 Å². The van der Waals surface area contributed by atoms with E-state index in [1.807, 2.05) is 24.3 Å². The zero-order chi connectivity index (χ0) is 21.1. The average Bonchev–Trinajstić information content (AvgIpc) is 2.76. The predicted molar refractivity (Wildman–Crippen MR) is 111 cm³/mol. The topological polar surface area (TPSA) is 142 Å². The van der Waals surface area contributed by atoms with Crippen LogP contribution in [0.25, 0.3) is 0 Å². The minimum Gasteiger partial charge on any atom is -0.385 e. The molecule has 8 nitrogen and oxygen atoms in total. The zero-order valence-electron chi connectivity index (χ0n) is 15.9. The summed E-state index contributed by atoms with van der Waals surface area (Å²) in [4.78, 5) is 23.6. The third-order valence-electron chi connectivity index (χ3n) is 4.06. The molecule has 2 amide bonds. The second-order valence-corrected chi connectivity index (χ2v) is 6.21. The molecule has 0 saturated carbocycles. The first-order valence-electron chi connectivity index (χ1n) is 9.18. The molecule has 0 aromatic heterocycles. The monoisotopic (exact) mass is 395 g/mol. The second kappa shape index (κ2) is 11.5. The maximum atomic E-state index is 12.2. The molecular formula is C21H25N5O3. The van der Waals surface area contributed by atoms with Crippen LogP contribution < -0.4 is 27.6 Å². The van der Waals surface area contributed by atoms with Crippen molar-refractivity contribution < 1.29 is 14.8 Å². The standard InChI is InChI=1S/C21H25N5O3/c22-12-1-13-24-18-10-6-16(7-11-18)3-2-15-4-8-17(9-5-15)20(27)25-19(14-23)21(28)26-29/h4-11,19,24,29H,1,12-14,22-23H2,(H,25,27)(H,26,28)/t19-/m0/s1. The number of nitrogens with two attached hydrogens (primary N) is 2. The average molecular weight is 395 g/mol. The first-order chi connectivity index (χ1) is 14.1. The minimum atomic E-state index is -1.01. The van der Waals surface area contributed by atoms with E-state index in [-0.39, 0.29) is 6.54 Å². The quantitative estimate of drug-likeness (QED) is 0.165. The van der Waals surface area contributed by atoms with Crippen molar-refractivity contribution in [1.82, 2.24) is 10.8 Å². The molecule has 2 aromatic carbocycles. The van der Waals surface area contributed by atoms with Gasteiger partial charge in [-0.15, -0.1) is 0 Å². The van der Waals surface area contributed by atoms with Crippen LogP contribution in [0.5, 0.6) is 0 Å². The maximum Gasteiger partial charge on any atom is 0.267 e. The van der Waals surface area contributed by atoms with Gasteiger partial charge in [0.1, 0.15) is 6.04 Å². The van der Waals surface area contributed by atoms with Gasteiger partial charge in [0.2, 0.25) is 0 Å². The molecule has 2 rings (SSSR count). The Morgan fingerprint density at radius 2 is 1.55 bits per heavy atom. The molecule has 8 heteroatoms. The third kappa shape index (κ3) is 6.93. The van der Waals surface area contributed by atoms with Crippen LogP contribution in [-0.4, -0.2) is 42.7 Å². The Kier molecular flexibility index (Phi) is 8.66. The van der Waals surface area contributed by atoms with Gasteiger partial charge in [0, 0.05) is 35.5 Å². The van der Waals surface area contributed by atoms with Gasteiger partial charge in [0.25, 0.3) is 11.8 Å². The molecule has 0 unspecified atom stereocenters. The molecular weight excluding hydrogens is 370 g/mol. The van der Waals surface area contributed by atoms with E-state index in [1.165, 1.54) is 5.48 Å². The number of anilines is 1. The number of rotatable bonds is 8. The van der Waals surface area contributed by atoms with Gasteiger partial charge in [0.15, 0.2) is 0 Å². The van der Waals surface area contributed by atoms with Crippen molar-refractivity contribution in [1.29, 1.82) is 0 Å². The van der Waals surface area contributed by atoms with E-state index in [0.717, 1.165) is 29.8 Å². The molecule has 2 aromatic rings. The molecule has 1 atom stereocenters. The fourth-order valence-electron chi connectivity index (χ4n) is 2.41. The first kappa shape index (κ1) is 21.9. The number of benzene rings is 2. The summed E-state index contributed by atoms with van der Waals surface area (Å²) in [6.45, 7) is 1.35. The molecule has 0 radical (unpaired) electrons. The van der Waals surface area contributed by atoms with Crippen molar-refractivity contribution in [3.63, 3.8) is 0 Å². The Hall–Kier alpha value is -3.38. The highest BCUT2D eigenvalue weighted by Gasteiger charge is 2.19. The van der Waals surface area contributed by atoms with E-state index in [4.69, 9.17) is 16.7 Å². The number of amides is 2. The second-order valence-electron chi connectivity index (χ2n) is 6.21. The van der Waals surface area contributed by atoms with Crippen molar-refractivity contribution in [2.75, 3.05) is 25.0 Å². The lowest BCUT2D eigenvalue weighted by Gasteiger charge is -2.14. The molecule has 0 aliphatic carbocycles. The third-order valence-corrected chi connectivity index (χ3v) is 4.06. The van der Waals surface area contributed by atoms with Crippen molar-refractivity contribution in [2.45, 2.75) is 12.5 Å². The van der Waals surface area contributed by atoms with E-state index in [0.29, 0.717) is 12.1 Å². The SMILES string of the molecule is NCCCNc1ccc(C#Cc2ccc(C(=O)N[C@@H](CN)C(=O)NO)cc2)cc1. The first-order valence-corrected chi connectivity index (χ1v) is 9.18. The van der Waals surface area contributed by atoms with Crippen LogP contribution in [0.3, 0.4) is 0 Å². The summed E-state index contributed by atoms with van der Waals surface area (Å²) < 4.78 is 0. The Bertz CT molecular complexity index is 870. The van der Waals surface area contributed by atoms with Crippen molar-refractivity contribution in [2.24, 2.45) is 11.5 Å². The Morgan fingerprint density at radius 3 is 2.07 bits per heavy atom. The summed E-state index contributed by atoms with van der Waals surface area (Å²) in [5.74, 6) is 4.87. The molecule has 0 saturated heterocycles. The zero-order valence-corrected chi connectivity index (χ0v) is 15.9. The molecule has 152 valence electrons. The minimum absolute atomic E-state index is 0.136. The van der Waals surface area contributed by atoms with Crippen LogP contribution in [0.4, 0.5) is 5.69 Å². The predicted octanol–water partition coefficient (Wildman–Crippen LogP) is 0.410. The van der Waals surface area contributed by atoms with Gasteiger partial charge in [-0.3, -0.25) is 14.8 Å². The highest BCUT2D eigenvalue weighted by Crippen LogP contribution is 2.09. The molecule has 0 aliphatic heterocycles. The van der Waals surface area contributed by atoms with E-state index in [2.05, 4.69) is 22.5 Å². The molecule has 0 aliphatic rings. The normalized spacial score (nSPS) is 11.0. The highest BCUT2D eigenvalue weighted by atomic mass is 16.5. The van der Waals surface area contributed by atoms with E-state index in [1.54, 1.807) is 24.3 Å². The van der Waals surface area contributed by atoms with Gasteiger partial charge in [-0.1, -0.05) is 11.8 Å². The number of nitrogens with one attached hydrogen (secondary N) is 3. The van der Waals surface area contributed by atoms with Gasteiger partial charge in [-0.25, -0.2) is 5.48 Å². The molecule has 0 spiro atoms. The number of hydroxylamine groups is 1. The van der Waals surface area contributed by atoms with Crippen LogP contribution in [0.1, 0.15) is 27.9 Å². The van der Waals surface area contributed by atoms with Crippen LogP contribution in [0.2, 0.25) is 0 Å². The molecule has 0 bridgehead atoms. The Balaban J connectivity index is 1.97. The smallest absolute Gasteiger partial charge is 0.267 e. The van der Waals surface area contributed by atoms with Crippen molar-refractivity contribution in [3.05, 3.63) is 65.2 Å². The molecule has 0 fully saturated rings. The number of carbonyl (C=O) groups is 2. The van der Waals surface area contributed by atoms with Gasteiger partial charge >= 0.3 is 0 Å². The Morgan fingerprint density at radius 1 is 0.966 bits per heavy atom. The molecule has 8 N–H and O–H groups in total. The van der Waals surface area contributed by atoms with Crippen molar-refractivity contribution in [3.8, 4) is 11.8 Å².